The molecule has 0 fully saturated rings. The van der Waals surface area contributed by atoms with Crippen LogP contribution in [0.3, 0.4) is 0 Å². The smallest absolute Gasteiger partial charge is 0.253 e. The molecule has 1 aromatic carbocycles. The summed E-state index contributed by atoms with van der Waals surface area (Å²) in [5.74, 6) is -0.00957. The van der Waals surface area contributed by atoms with Gasteiger partial charge in [0.05, 0.1) is 5.69 Å². The lowest BCUT2D eigenvalue weighted by Gasteiger charge is -2.10. The highest BCUT2D eigenvalue weighted by Crippen LogP contribution is 2.26. The number of anilines is 2. The fourth-order valence-corrected chi connectivity index (χ4v) is 2.80. The topological polar surface area (TPSA) is 58.1 Å². The molecule has 0 unspecified atom stereocenters. The van der Waals surface area contributed by atoms with Gasteiger partial charge in [-0.3, -0.25) is 9.78 Å². The number of hydrogen-bond donors (Lipinski definition) is 1. The van der Waals surface area contributed by atoms with Crippen molar-refractivity contribution < 1.29 is 4.79 Å². The van der Waals surface area contributed by atoms with Crippen molar-refractivity contribution in [1.82, 2.24) is 14.9 Å². The number of thiazole rings is 1. The van der Waals surface area contributed by atoms with Gasteiger partial charge in [-0.05, 0) is 36.4 Å². The molecular formula is C17H16N4OS. The summed E-state index contributed by atoms with van der Waals surface area (Å²) >= 11 is 1.53. The summed E-state index contributed by atoms with van der Waals surface area (Å²) in [6, 6.07) is 11.2. The van der Waals surface area contributed by atoms with Gasteiger partial charge in [0.25, 0.3) is 5.91 Å². The number of aromatic nitrogens is 2. The first kappa shape index (κ1) is 15.2. The first-order valence-corrected chi connectivity index (χ1v) is 7.96. The molecule has 2 aromatic heterocycles. The van der Waals surface area contributed by atoms with Gasteiger partial charge >= 0.3 is 0 Å². The molecule has 116 valence electrons. The number of carbonyl (C=O) groups is 1. The Morgan fingerprint density at radius 2 is 1.96 bits per heavy atom. The van der Waals surface area contributed by atoms with Gasteiger partial charge in [-0.2, -0.15) is 0 Å². The number of nitrogens with one attached hydrogen (secondary N) is 1. The summed E-state index contributed by atoms with van der Waals surface area (Å²) in [4.78, 5) is 22.1. The summed E-state index contributed by atoms with van der Waals surface area (Å²) in [6.45, 7) is 0. The molecule has 3 rings (SSSR count). The quantitative estimate of drug-likeness (QED) is 0.796. The summed E-state index contributed by atoms with van der Waals surface area (Å²) in [6.07, 6.45) is 3.53. The van der Waals surface area contributed by atoms with Crippen LogP contribution < -0.4 is 5.32 Å². The Morgan fingerprint density at radius 1 is 1.17 bits per heavy atom. The van der Waals surface area contributed by atoms with Gasteiger partial charge in [-0.1, -0.05) is 0 Å². The maximum Gasteiger partial charge on any atom is 0.253 e. The van der Waals surface area contributed by atoms with Gasteiger partial charge in [-0.25, -0.2) is 4.98 Å². The van der Waals surface area contributed by atoms with Crippen LogP contribution in [0, 0.1) is 0 Å². The highest BCUT2D eigenvalue weighted by Gasteiger charge is 2.08. The average molecular weight is 324 g/mol. The molecule has 0 radical (unpaired) electrons. The van der Waals surface area contributed by atoms with Crippen molar-refractivity contribution in [3.63, 3.8) is 0 Å². The van der Waals surface area contributed by atoms with Crippen LogP contribution in [-0.2, 0) is 0 Å². The third-order valence-electron chi connectivity index (χ3n) is 3.25. The minimum Gasteiger partial charge on any atom is -0.345 e. The number of carbonyl (C=O) groups excluding carboxylic acids is 1. The lowest BCUT2D eigenvalue weighted by molar-refractivity contribution is 0.0827. The van der Waals surface area contributed by atoms with E-state index in [-0.39, 0.29) is 5.91 Å². The Labute approximate surface area is 138 Å². The van der Waals surface area contributed by atoms with E-state index in [2.05, 4.69) is 15.3 Å². The van der Waals surface area contributed by atoms with Crippen molar-refractivity contribution in [2.45, 2.75) is 0 Å². The molecule has 0 aliphatic carbocycles. The Balaban J connectivity index is 1.73. The minimum atomic E-state index is -0.00957. The van der Waals surface area contributed by atoms with Gasteiger partial charge in [0, 0.05) is 48.7 Å². The van der Waals surface area contributed by atoms with Gasteiger partial charge < -0.3 is 10.2 Å². The van der Waals surface area contributed by atoms with Crippen LogP contribution in [0.15, 0.2) is 54.2 Å². The van der Waals surface area contributed by atoms with E-state index in [0.29, 0.717) is 5.56 Å². The van der Waals surface area contributed by atoms with Crippen LogP contribution in [0.5, 0.6) is 0 Å². The Hall–Kier alpha value is -2.73. The normalized spacial score (nSPS) is 10.3. The van der Waals surface area contributed by atoms with E-state index in [0.717, 1.165) is 22.1 Å². The van der Waals surface area contributed by atoms with Gasteiger partial charge in [0.15, 0.2) is 5.13 Å². The van der Waals surface area contributed by atoms with E-state index in [1.807, 2.05) is 29.6 Å². The molecule has 3 aromatic rings. The van der Waals surface area contributed by atoms with E-state index in [9.17, 15) is 4.79 Å². The van der Waals surface area contributed by atoms with Gasteiger partial charge in [-0.15, -0.1) is 11.3 Å². The molecule has 0 bridgehead atoms. The van der Waals surface area contributed by atoms with Crippen LogP contribution in [0.1, 0.15) is 10.4 Å². The highest BCUT2D eigenvalue weighted by molar-refractivity contribution is 7.14. The fraction of sp³-hybridized carbons (Fsp3) is 0.118. The molecule has 0 atom stereocenters. The average Bonchev–Trinajstić information content (AvgIpc) is 3.04. The van der Waals surface area contributed by atoms with Crippen LogP contribution in [0.25, 0.3) is 11.3 Å². The third kappa shape index (κ3) is 3.54. The lowest BCUT2D eigenvalue weighted by Crippen LogP contribution is -2.21. The van der Waals surface area contributed by atoms with E-state index in [1.165, 1.54) is 11.3 Å². The fourth-order valence-electron chi connectivity index (χ4n) is 2.06. The molecule has 0 aliphatic rings. The van der Waals surface area contributed by atoms with E-state index >= 15 is 0 Å². The minimum absolute atomic E-state index is 0.00957. The summed E-state index contributed by atoms with van der Waals surface area (Å²) in [5, 5.41) is 6.04. The lowest BCUT2D eigenvalue weighted by atomic mass is 10.2. The van der Waals surface area contributed by atoms with E-state index < -0.39 is 0 Å². The first-order chi connectivity index (χ1) is 11.1. The van der Waals surface area contributed by atoms with Crippen LogP contribution in [-0.4, -0.2) is 34.9 Å². The molecular weight excluding hydrogens is 308 g/mol. The summed E-state index contributed by atoms with van der Waals surface area (Å²) in [5.41, 5.74) is 3.44. The first-order valence-electron chi connectivity index (χ1n) is 7.08. The molecule has 1 amide bonds. The predicted octanol–water partition coefficient (Wildman–Crippen LogP) is 3.65. The Kier molecular flexibility index (Phi) is 4.34. The molecule has 5 nitrogen and oxygen atoms in total. The third-order valence-corrected chi connectivity index (χ3v) is 4.01. The molecule has 0 aliphatic heterocycles. The van der Waals surface area contributed by atoms with Crippen LogP contribution in [0.4, 0.5) is 10.8 Å². The number of benzene rings is 1. The zero-order chi connectivity index (χ0) is 16.2. The number of hydrogen-bond acceptors (Lipinski definition) is 5. The van der Waals surface area contributed by atoms with Crippen molar-refractivity contribution in [1.29, 1.82) is 0 Å². The standard InChI is InChI=1S/C17H16N4OS/c1-21(2)16(22)12-5-7-14(8-6-12)19-17-20-15(11-23-17)13-4-3-9-18-10-13/h3-11H,1-2H3,(H,19,20). The monoisotopic (exact) mass is 324 g/mol. The van der Waals surface area contributed by atoms with Gasteiger partial charge in [0.2, 0.25) is 0 Å². The largest absolute Gasteiger partial charge is 0.345 e. The highest BCUT2D eigenvalue weighted by atomic mass is 32.1. The maximum absolute atomic E-state index is 11.9. The molecule has 0 spiro atoms. The number of rotatable bonds is 4. The molecule has 1 N–H and O–H groups in total. The SMILES string of the molecule is CN(C)C(=O)c1ccc(Nc2nc(-c3cccnc3)cs2)cc1. The van der Waals surface area contributed by atoms with E-state index in [4.69, 9.17) is 0 Å². The zero-order valence-electron chi connectivity index (χ0n) is 12.9. The maximum atomic E-state index is 11.9. The van der Waals surface area contributed by atoms with Crippen molar-refractivity contribution in [2.24, 2.45) is 0 Å². The van der Waals surface area contributed by atoms with Crippen molar-refractivity contribution >= 4 is 28.1 Å². The molecule has 6 heteroatoms. The van der Waals surface area contributed by atoms with Gasteiger partial charge in [0.1, 0.15) is 0 Å². The second kappa shape index (κ2) is 6.58. The molecule has 0 saturated carbocycles. The summed E-state index contributed by atoms with van der Waals surface area (Å²) < 4.78 is 0. The van der Waals surface area contributed by atoms with Crippen LogP contribution in [0.2, 0.25) is 0 Å². The Morgan fingerprint density at radius 3 is 2.61 bits per heavy atom. The van der Waals surface area contributed by atoms with Crippen molar-refractivity contribution in [2.75, 3.05) is 19.4 Å². The molecule has 23 heavy (non-hydrogen) atoms. The predicted molar refractivity (Wildman–Crippen MR) is 93.1 cm³/mol. The zero-order valence-corrected chi connectivity index (χ0v) is 13.7. The number of nitrogens with zero attached hydrogens (tertiary/aromatic N) is 3. The van der Waals surface area contributed by atoms with E-state index in [1.54, 1.807) is 43.5 Å². The number of amides is 1. The van der Waals surface area contributed by atoms with Crippen molar-refractivity contribution in [3.8, 4) is 11.3 Å². The molecule has 0 saturated heterocycles. The molecule has 2 heterocycles. The number of pyridine rings is 1. The van der Waals surface area contributed by atoms with Crippen molar-refractivity contribution in [3.05, 3.63) is 59.7 Å². The van der Waals surface area contributed by atoms with Crippen LogP contribution >= 0.6 is 11.3 Å². The Bertz CT molecular complexity index is 797. The summed E-state index contributed by atoms with van der Waals surface area (Å²) in [7, 11) is 3.48. The second-order valence-corrected chi connectivity index (χ2v) is 6.04. The second-order valence-electron chi connectivity index (χ2n) is 5.18.